The van der Waals surface area contributed by atoms with Crippen molar-refractivity contribution in [2.45, 2.75) is 32.4 Å². The summed E-state index contributed by atoms with van der Waals surface area (Å²) in [6, 6.07) is 14.4. The molecule has 6 nitrogen and oxygen atoms in total. The fourth-order valence-electron chi connectivity index (χ4n) is 3.72. The molecule has 1 aliphatic rings. The number of anilines is 1. The van der Waals surface area contributed by atoms with Crippen molar-refractivity contribution in [3.05, 3.63) is 66.0 Å². The third-order valence-corrected chi connectivity index (χ3v) is 5.11. The highest BCUT2D eigenvalue weighted by Gasteiger charge is 2.63. The number of nitrogens with one attached hydrogen (secondary N) is 1. The molecule has 3 rings (SSSR count). The Bertz CT molecular complexity index is 901. The molecule has 0 saturated carbocycles. The van der Waals surface area contributed by atoms with E-state index in [0.717, 1.165) is 10.5 Å². The number of hydrogen-bond donors (Lipinski definition) is 1. The molecule has 0 bridgehead atoms. The van der Waals surface area contributed by atoms with E-state index in [-0.39, 0.29) is 25.3 Å². The zero-order valence-corrected chi connectivity index (χ0v) is 16.4. The molecule has 0 aliphatic carbocycles. The van der Waals surface area contributed by atoms with Crippen LogP contribution >= 0.6 is 0 Å². The van der Waals surface area contributed by atoms with Crippen LogP contribution in [0.1, 0.15) is 25.8 Å². The fraction of sp³-hybridized carbons (Fsp3) is 0.318. The lowest BCUT2D eigenvalue weighted by atomic mass is 9.84. The lowest BCUT2D eigenvalue weighted by molar-refractivity contribution is -0.156. The van der Waals surface area contributed by atoms with E-state index in [1.807, 2.05) is 30.3 Å². The molecule has 152 valence electrons. The molecule has 2 atom stereocenters. The van der Waals surface area contributed by atoms with Crippen LogP contribution in [0.25, 0.3) is 0 Å². The van der Waals surface area contributed by atoms with Crippen molar-refractivity contribution in [1.82, 2.24) is 5.32 Å². The Morgan fingerprint density at radius 1 is 1.17 bits per heavy atom. The number of hydrogen-bond acceptors (Lipinski definition) is 4. The molecular weight excluding hydrogens is 375 g/mol. The van der Waals surface area contributed by atoms with E-state index in [4.69, 9.17) is 4.74 Å². The average Bonchev–Trinajstić information content (AvgIpc) is 2.98. The van der Waals surface area contributed by atoms with Gasteiger partial charge in [0, 0.05) is 24.6 Å². The summed E-state index contributed by atoms with van der Waals surface area (Å²) < 4.78 is 18.6. The zero-order valence-electron chi connectivity index (χ0n) is 16.4. The Morgan fingerprint density at radius 2 is 1.83 bits per heavy atom. The standard InChI is InChI=1S/C22H23FN2O4/c1-3-29-21(28)22(20(27)24-14-16-7-5-4-6-8-16)15(2)13-19(26)25(22)18-11-9-17(23)10-12-18/h4-12,15H,3,13-14H2,1-2H3,(H,24,27). The number of ether oxygens (including phenoxy) is 1. The largest absolute Gasteiger partial charge is 0.464 e. The van der Waals surface area contributed by atoms with Crippen LogP contribution in [0.2, 0.25) is 0 Å². The number of carbonyl (C=O) groups is 3. The second kappa shape index (κ2) is 8.43. The van der Waals surface area contributed by atoms with Gasteiger partial charge in [-0.05, 0) is 36.8 Å². The van der Waals surface area contributed by atoms with E-state index in [1.54, 1.807) is 13.8 Å². The van der Waals surface area contributed by atoms with Crippen molar-refractivity contribution in [1.29, 1.82) is 0 Å². The topological polar surface area (TPSA) is 75.7 Å². The quantitative estimate of drug-likeness (QED) is 0.600. The van der Waals surface area contributed by atoms with Gasteiger partial charge in [0.15, 0.2) is 0 Å². The highest BCUT2D eigenvalue weighted by molar-refractivity contribution is 6.20. The van der Waals surface area contributed by atoms with Gasteiger partial charge in [-0.3, -0.25) is 14.5 Å². The number of nitrogens with zero attached hydrogens (tertiary/aromatic N) is 1. The third-order valence-electron chi connectivity index (χ3n) is 5.11. The van der Waals surface area contributed by atoms with Crippen LogP contribution in [0.5, 0.6) is 0 Å². The molecule has 2 unspecified atom stereocenters. The minimum absolute atomic E-state index is 0.00501. The van der Waals surface area contributed by atoms with Crippen LogP contribution in [0.4, 0.5) is 10.1 Å². The number of halogens is 1. The summed E-state index contributed by atoms with van der Waals surface area (Å²) >= 11 is 0. The molecule has 2 aromatic carbocycles. The van der Waals surface area contributed by atoms with Gasteiger partial charge >= 0.3 is 5.97 Å². The molecule has 1 fully saturated rings. The number of rotatable bonds is 6. The van der Waals surface area contributed by atoms with Crippen molar-refractivity contribution in [3.8, 4) is 0 Å². The predicted octanol–water partition coefficient (Wildman–Crippen LogP) is 2.82. The number of benzene rings is 2. The summed E-state index contributed by atoms with van der Waals surface area (Å²) in [4.78, 5) is 40.4. The van der Waals surface area contributed by atoms with Crippen LogP contribution in [0, 0.1) is 11.7 Å². The monoisotopic (exact) mass is 398 g/mol. The van der Waals surface area contributed by atoms with Gasteiger partial charge in [0.2, 0.25) is 11.4 Å². The molecule has 1 saturated heterocycles. The highest BCUT2D eigenvalue weighted by atomic mass is 19.1. The summed E-state index contributed by atoms with van der Waals surface area (Å²) in [7, 11) is 0. The lowest BCUT2D eigenvalue weighted by Gasteiger charge is -2.37. The van der Waals surface area contributed by atoms with E-state index < -0.39 is 35.1 Å². The SMILES string of the molecule is CCOC(=O)C1(C(=O)NCc2ccccc2)C(C)CC(=O)N1c1ccc(F)cc1. The first-order chi connectivity index (χ1) is 13.9. The molecule has 1 N–H and O–H groups in total. The third kappa shape index (κ3) is 3.72. The first-order valence-corrected chi connectivity index (χ1v) is 9.49. The van der Waals surface area contributed by atoms with Crippen LogP contribution in [-0.2, 0) is 25.7 Å². The van der Waals surface area contributed by atoms with Crippen LogP contribution in [-0.4, -0.2) is 29.9 Å². The summed E-state index contributed by atoms with van der Waals surface area (Å²) in [6.45, 7) is 3.56. The lowest BCUT2D eigenvalue weighted by Crippen LogP contribution is -2.65. The van der Waals surface area contributed by atoms with Gasteiger partial charge in [-0.25, -0.2) is 9.18 Å². The fourth-order valence-corrected chi connectivity index (χ4v) is 3.72. The second-order valence-electron chi connectivity index (χ2n) is 6.97. The van der Waals surface area contributed by atoms with Gasteiger partial charge in [0.25, 0.3) is 5.91 Å². The van der Waals surface area contributed by atoms with Gasteiger partial charge in [-0.15, -0.1) is 0 Å². The first-order valence-electron chi connectivity index (χ1n) is 9.49. The zero-order chi connectivity index (χ0) is 21.0. The molecule has 2 aromatic rings. The normalized spacial score (nSPS) is 21.1. The average molecular weight is 398 g/mol. The minimum atomic E-state index is -1.86. The van der Waals surface area contributed by atoms with E-state index in [9.17, 15) is 18.8 Å². The summed E-state index contributed by atoms with van der Waals surface area (Å²) in [5.41, 5.74) is -0.742. The molecule has 0 radical (unpaired) electrons. The van der Waals surface area contributed by atoms with Crippen molar-refractivity contribution >= 4 is 23.5 Å². The Kier molecular flexibility index (Phi) is 5.96. The molecule has 0 spiro atoms. The van der Waals surface area contributed by atoms with Gasteiger partial charge in [0.05, 0.1) is 6.61 Å². The molecule has 1 heterocycles. The second-order valence-corrected chi connectivity index (χ2v) is 6.97. The van der Waals surface area contributed by atoms with Crippen molar-refractivity contribution in [2.24, 2.45) is 5.92 Å². The Morgan fingerprint density at radius 3 is 2.45 bits per heavy atom. The molecule has 7 heteroatoms. The van der Waals surface area contributed by atoms with Gasteiger partial charge in [-0.2, -0.15) is 0 Å². The van der Waals surface area contributed by atoms with Crippen molar-refractivity contribution < 1.29 is 23.5 Å². The first kappa shape index (κ1) is 20.5. The van der Waals surface area contributed by atoms with E-state index >= 15 is 0 Å². The summed E-state index contributed by atoms with van der Waals surface area (Å²) in [5.74, 6) is -2.93. The maximum atomic E-state index is 13.4. The molecular formula is C22H23FN2O4. The predicted molar refractivity (Wildman–Crippen MR) is 105 cm³/mol. The highest BCUT2D eigenvalue weighted by Crippen LogP contribution is 2.41. The van der Waals surface area contributed by atoms with Crippen molar-refractivity contribution in [3.63, 3.8) is 0 Å². The summed E-state index contributed by atoms with van der Waals surface area (Å²) in [6.07, 6.45) is -0.00501. The molecule has 0 aromatic heterocycles. The van der Waals surface area contributed by atoms with Crippen LogP contribution in [0.3, 0.4) is 0 Å². The number of amides is 2. The van der Waals surface area contributed by atoms with E-state index in [1.165, 1.54) is 24.3 Å². The minimum Gasteiger partial charge on any atom is -0.464 e. The summed E-state index contributed by atoms with van der Waals surface area (Å²) in [5, 5.41) is 2.78. The molecule has 2 amide bonds. The van der Waals surface area contributed by atoms with Gasteiger partial charge in [-0.1, -0.05) is 37.3 Å². The Hall–Kier alpha value is -3.22. The van der Waals surface area contributed by atoms with E-state index in [0.29, 0.717) is 0 Å². The van der Waals surface area contributed by atoms with E-state index in [2.05, 4.69) is 5.32 Å². The number of carbonyl (C=O) groups excluding carboxylic acids is 3. The molecule has 29 heavy (non-hydrogen) atoms. The van der Waals surface area contributed by atoms with Crippen LogP contribution in [0.15, 0.2) is 54.6 Å². The van der Waals surface area contributed by atoms with Gasteiger partial charge < -0.3 is 10.1 Å². The molecule has 1 aliphatic heterocycles. The maximum Gasteiger partial charge on any atom is 0.342 e. The Balaban J connectivity index is 2.02. The van der Waals surface area contributed by atoms with Crippen LogP contribution < -0.4 is 10.2 Å². The number of esters is 1. The Labute approximate surface area is 168 Å². The van der Waals surface area contributed by atoms with Crippen molar-refractivity contribution in [2.75, 3.05) is 11.5 Å². The smallest absolute Gasteiger partial charge is 0.342 e. The van der Waals surface area contributed by atoms with Gasteiger partial charge in [0.1, 0.15) is 5.82 Å². The maximum absolute atomic E-state index is 13.4.